The molecule has 0 heterocycles. The van der Waals surface area contributed by atoms with Crippen molar-refractivity contribution in [2.45, 2.75) is 31.1 Å². The molecule has 1 aromatic carbocycles. The molecule has 1 fully saturated rings. The van der Waals surface area contributed by atoms with Crippen molar-refractivity contribution in [1.29, 1.82) is 0 Å². The fourth-order valence-electron chi connectivity index (χ4n) is 2.22. The zero-order valence-corrected chi connectivity index (χ0v) is 13.2. The minimum atomic E-state index is -3.58. The Labute approximate surface area is 125 Å². The number of benzene rings is 1. The summed E-state index contributed by atoms with van der Waals surface area (Å²) in [4.78, 5) is 11.5. The van der Waals surface area contributed by atoms with E-state index in [4.69, 9.17) is 4.74 Å². The molecule has 0 unspecified atom stereocenters. The average Bonchev–Trinajstić information content (AvgIpc) is 3.24. The summed E-state index contributed by atoms with van der Waals surface area (Å²) < 4.78 is 32.3. The normalized spacial score (nSPS) is 16.7. The second-order valence-electron chi connectivity index (χ2n) is 5.65. The van der Waals surface area contributed by atoms with Crippen LogP contribution in [0.5, 0.6) is 0 Å². The molecule has 2 rings (SSSR count). The zero-order chi connectivity index (χ0) is 15.5. The van der Waals surface area contributed by atoms with Gasteiger partial charge in [-0.15, -0.1) is 0 Å². The van der Waals surface area contributed by atoms with Crippen molar-refractivity contribution in [3.63, 3.8) is 0 Å². The van der Waals surface area contributed by atoms with Crippen molar-refractivity contribution in [2.24, 2.45) is 5.41 Å². The predicted octanol–water partition coefficient (Wildman–Crippen LogP) is 1.98. The lowest BCUT2D eigenvalue weighted by Gasteiger charge is -2.15. The van der Waals surface area contributed by atoms with E-state index in [2.05, 4.69) is 4.72 Å². The number of ether oxygens (including phenoxy) is 1. The van der Waals surface area contributed by atoms with Gasteiger partial charge in [-0.1, -0.05) is 12.1 Å². The molecule has 1 N–H and O–H groups in total. The van der Waals surface area contributed by atoms with Gasteiger partial charge in [-0.05, 0) is 43.7 Å². The van der Waals surface area contributed by atoms with Crippen LogP contribution in [-0.4, -0.2) is 34.5 Å². The van der Waals surface area contributed by atoms with Crippen LogP contribution in [0.2, 0.25) is 0 Å². The highest BCUT2D eigenvalue weighted by Crippen LogP contribution is 2.48. The summed E-state index contributed by atoms with van der Waals surface area (Å²) in [5.41, 5.74) is 0.444. The molecule has 1 aliphatic carbocycles. The smallest absolute Gasteiger partial charge is 0.240 e. The van der Waals surface area contributed by atoms with Crippen LogP contribution in [0.1, 0.15) is 36.5 Å². The third kappa shape index (κ3) is 4.12. The van der Waals surface area contributed by atoms with E-state index in [-0.39, 0.29) is 16.1 Å². The average molecular weight is 311 g/mol. The monoisotopic (exact) mass is 311 g/mol. The van der Waals surface area contributed by atoms with Gasteiger partial charge in [-0.3, -0.25) is 4.79 Å². The maximum absolute atomic E-state index is 12.3. The Morgan fingerprint density at radius 3 is 2.67 bits per heavy atom. The van der Waals surface area contributed by atoms with Gasteiger partial charge in [-0.25, -0.2) is 13.1 Å². The summed E-state index contributed by atoms with van der Waals surface area (Å²) >= 11 is 0. The highest BCUT2D eigenvalue weighted by Gasteiger charge is 2.42. The second kappa shape index (κ2) is 6.25. The van der Waals surface area contributed by atoms with Gasteiger partial charge in [0, 0.05) is 25.8 Å². The number of hydrogen-bond donors (Lipinski definition) is 1. The molecule has 1 saturated carbocycles. The van der Waals surface area contributed by atoms with E-state index in [1.165, 1.54) is 19.1 Å². The predicted molar refractivity (Wildman–Crippen MR) is 79.8 cm³/mol. The lowest BCUT2D eigenvalue weighted by atomic mass is 10.0. The first kappa shape index (κ1) is 16.1. The van der Waals surface area contributed by atoms with Gasteiger partial charge in [0.2, 0.25) is 10.0 Å². The maximum Gasteiger partial charge on any atom is 0.240 e. The molecule has 116 valence electrons. The lowest BCUT2D eigenvalue weighted by molar-refractivity contribution is 0.101. The molecule has 21 heavy (non-hydrogen) atoms. The van der Waals surface area contributed by atoms with Crippen LogP contribution in [0.25, 0.3) is 0 Å². The Morgan fingerprint density at radius 2 is 2.10 bits per heavy atom. The van der Waals surface area contributed by atoms with Gasteiger partial charge < -0.3 is 4.74 Å². The number of rotatable bonds is 8. The molecule has 0 saturated heterocycles. The van der Waals surface area contributed by atoms with Gasteiger partial charge >= 0.3 is 0 Å². The molecular weight excluding hydrogens is 290 g/mol. The Bertz CT molecular complexity index is 620. The molecule has 0 aliphatic heterocycles. The van der Waals surface area contributed by atoms with Crippen LogP contribution in [0.3, 0.4) is 0 Å². The van der Waals surface area contributed by atoms with Crippen molar-refractivity contribution in [1.82, 2.24) is 4.72 Å². The van der Waals surface area contributed by atoms with Crippen LogP contribution in [-0.2, 0) is 14.8 Å². The molecular formula is C15H21NO4S. The number of nitrogens with one attached hydrogen (secondary N) is 1. The van der Waals surface area contributed by atoms with E-state index in [0.29, 0.717) is 18.7 Å². The van der Waals surface area contributed by atoms with Crippen molar-refractivity contribution in [3.8, 4) is 0 Å². The minimum absolute atomic E-state index is 0.0429. The number of hydrogen-bond acceptors (Lipinski definition) is 4. The molecule has 6 heteroatoms. The summed E-state index contributed by atoms with van der Waals surface area (Å²) in [7, 11) is -1.93. The lowest BCUT2D eigenvalue weighted by Crippen LogP contribution is -2.31. The second-order valence-corrected chi connectivity index (χ2v) is 7.42. The third-order valence-corrected chi connectivity index (χ3v) is 5.38. The number of ketones is 1. The maximum atomic E-state index is 12.3. The Balaban J connectivity index is 2.05. The van der Waals surface area contributed by atoms with E-state index in [9.17, 15) is 13.2 Å². The summed E-state index contributed by atoms with van der Waals surface area (Å²) in [5.74, 6) is -0.147. The summed E-state index contributed by atoms with van der Waals surface area (Å²) in [6.45, 7) is 2.48. The van der Waals surface area contributed by atoms with Gasteiger partial charge in [0.05, 0.1) is 4.90 Å². The quantitative estimate of drug-likeness (QED) is 0.745. The largest absolute Gasteiger partial charge is 0.385 e. The Kier molecular flexibility index (Phi) is 4.81. The van der Waals surface area contributed by atoms with Crippen LogP contribution in [0, 0.1) is 5.41 Å². The molecule has 0 amide bonds. The van der Waals surface area contributed by atoms with Crippen LogP contribution < -0.4 is 4.72 Å². The minimum Gasteiger partial charge on any atom is -0.385 e. The van der Waals surface area contributed by atoms with E-state index < -0.39 is 10.0 Å². The number of carbonyl (C=O) groups is 1. The van der Waals surface area contributed by atoms with Gasteiger partial charge in [-0.2, -0.15) is 0 Å². The van der Waals surface area contributed by atoms with Crippen LogP contribution in [0.15, 0.2) is 29.2 Å². The fraction of sp³-hybridized carbons (Fsp3) is 0.533. The SMILES string of the molecule is COCCC1(CNS(=O)(=O)c2cccc(C(C)=O)c2)CC1. The number of methoxy groups -OCH3 is 1. The molecule has 5 nitrogen and oxygen atoms in total. The molecule has 0 atom stereocenters. The molecule has 0 aromatic heterocycles. The first-order valence-electron chi connectivity index (χ1n) is 6.98. The summed E-state index contributed by atoms with van der Waals surface area (Å²) in [6.07, 6.45) is 2.90. The molecule has 0 bridgehead atoms. The van der Waals surface area contributed by atoms with Crippen LogP contribution >= 0.6 is 0 Å². The number of Topliss-reactive ketones (excluding diaryl/α,β-unsaturated/α-hetero) is 1. The topological polar surface area (TPSA) is 72.5 Å². The molecule has 0 spiro atoms. The highest BCUT2D eigenvalue weighted by atomic mass is 32.2. The summed E-state index contributed by atoms with van der Waals surface area (Å²) in [6, 6.07) is 6.12. The third-order valence-electron chi connectivity index (χ3n) is 3.98. The Morgan fingerprint density at radius 1 is 1.38 bits per heavy atom. The first-order valence-corrected chi connectivity index (χ1v) is 8.46. The fourth-order valence-corrected chi connectivity index (χ4v) is 3.43. The van der Waals surface area contributed by atoms with Crippen molar-refractivity contribution >= 4 is 15.8 Å². The molecule has 1 aliphatic rings. The first-order chi connectivity index (χ1) is 9.88. The highest BCUT2D eigenvalue weighted by molar-refractivity contribution is 7.89. The van der Waals surface area contributed by atoms with Gasteiger partial charge in [0.15, 0.2) is 5.78 Å². The van der Waals surface area contributed by atoms with Crippen molar-refractivity contribution in [2.75, 3.05) is 20.3 Å². The molecule has 0 radical (unpaired) electrons. The zero-order valence-electron chi connectivity index (χ0n) is 12.4. The van der Waals surface area contributed by atoms with Crippen molar-refractivity contribution < 1.29 is 17.9 Å². The number of sulfonamides is 1. The standard InChI is InChI=1S/C15H21NO4S/c1-12(17)13-4-3-5-14(10-13)21(18,19)16-11-15(6-7-15)8-9-20-2/h3-5,10,16H,6-9,11H2,1-2H3. The van der Waals surface area contributed by atoms with E-state index in [0.717, 1.165) is 19.3 Å². The van der Waals surface area contributed by atoms with Gasteiger partial charge in [0.25, 0.3) is 0 Å². The van der Waals surface area contributed by atoms with E-state index in [1.807, 2.05) is 0 Å². The number of carbonyl (C=O) groups excluding carboxylic acids is 1. The molecule has 1 aromatic rings. The van der Waals surface area contributed by atoms with Crippen LogP contribution in [0.4, 0.5) is 0 Å². The summed E-state index contributed by atoms with van der Waals surface area (Å²) in [5, 5.41) is 0. The van der Waals surface area contributed by atoms with E-state index in [1.54, 1.807) is 19.2 Å². The van der Waals surface area contributed by atoms with Crippen molar-refractivity contribution in [3.05, 3.63) is 29.8 Å². The van der Waals surface area contributed by atoms with E-state index >= 15 is 0 Å². The van der Waals surface area contributed by atoms with Gasteiger partial charge in [0.1, 0.15) is 0 Å². The Hall–Kier alpha value is -1.24.